The van der Waals surface area contributed by atoms with E-state index in [0.717, 1.165) is 10.9 Å². The number of fused-ring (bicyclic) bond motifs is 1. The highest BCUT2D eigenvalue weighted by Crippen LogP contribution is 2.38. The Morgan fingerprint density at radius 3 is 2.49 bits per heavy atom. The van der Waals surface area contributed by atoms with Crippen molar-refractivity contribution in [3.05, 3.63) is 70.2 Å². The predicted octanol–water partition coefficient (Wildman–Crippen LogP) is 5.61. The zero-order valence-electron chi connectivity index (χ0n) is 22.7. The molecule has 0 radical (unpaired) electrons. The number of hydrogen-bond donors (Lipinski definition) is 1. The number of benzene rings is 2. The molecular formula is C28H28ClF3N4O5. The van der Waals surface area contributed by atoms with Gasteiger partial charge in [0.05, 0.1) is 24.9 Å². The number of amides is 1. The van der Waals surface area contributed by atoms with E-state index in [1.54, 1.807) is 36.9 Å². The smallest absolute Gasteiger partial charge is 0.422 e. The topological polar surface area (TPSA) is 96.6 Å². The maximum absolute atomic E-state index is 13.6. The fourth-order valence-electron chi connectivity index (χ4n) is 4.35. The van der Waals surface area contributed by atoms with E-state index >= 15 is 0 Å². The maximum Gasteiger partial charge on any atom is 0.422 e. The number of aromatic nitrogens is 3. The quantitative estimate of drug-likeness (QED) is 0.257. The van der Waals surface area contributed by atoms with Crippen molar-refractivity contribution < 1.29 is 32.2 Å². The lowest BCUT2D eigenvalue weighted by Gasteiger charge is -2.24. The van der Waals surface area contributed by atoms with Crippen molar-refractivity contribution in [2.75, 3.05) is 26.1 Å². The Hall–Kier alpha value is -4.03. The molecule has 218 valence electrons. The molecule has 41 heavy (non-hydrogen) atoms. The summed E-state index contributed by atoms with van der Waals surface area (Å²) >= 11 is 6.13. The van der Waals surface area contributed by atoms with Gasteiger partial charge in [-0.15, -0.1) is 0 Å². The number of carbonyl (C=O) groups is 1. The summed E-state index contributed by atoms with van der Waals surface area (Å²) in [4.78, 5) is 27.0. The fourth-order valence-corrected chi connectivity index (χ4v) is 4.53. The molecule has 0 aliphatic rings. The first-order valence-corrected chi connectivity index (χ1v) is 12.8. The number of halogens is 4. The van der Waals surface area contributed by atoms with Gasteiger partial charge in [-0.3, -0.25) is 18.8 Å². The number of aryl methyl sites for hydroxylation is 1. The predicted molar refractivity (Wildman–Crippen MR) is 149 cm³/mol. The third-order valence-corrected chi connectivity index (χ3v) is 6.60. The summed E-state index contributed by atoms with van der Waals surface area (Å²) in [6.07, 6.45) is -1.70. The van der Waals surface area contributed by atoms with Crippen LogP contribution in [-0.4, -0.2) is 53.4 Å². The van der Waals surface area contributed by atoms with E-state index in [4.69, 9.17) is 25.8 Å². The molecule has 2 heterocycles. The lowest BCUT2D eigenvalue weighted by molar-refractivity contribution is -0.153. The molecule has 1 N–H and O–H groups in total. The Kier molecular flexibility index (Phi) is 8.93. The molecule has 0 saturated carbocycles. The average Bonchev–Trinajstić information content (AvgIpc) is 3.29. The fraction of sp³-hybridized carbons (Fsp3) is 0.321. The molecule has 9 nitrogen and oxygen atoms in total. The van der Waals surface area contributed by atoms with Crippen molar-refractivity contribution in [3.63, 3.8) is 0 Å². The number of rotatable bonds is 10. The summed E-state index contributed by atoms with van der Waals surface area (Å²) in [6.45, 7) is 0.220. The number of carbonyl (C=O) groups excluding carboxylic acids is 1. The molecular weight excluding hydrogens is 565 g/mol. The number of hydrogen-bond acceptors (Lipinski definition) is 6. The number of pyridine rings is 1. The number of nitrogens with zero attached hydrogens (tertiary/aromatic N) is 3. The van der Waals surface area contributed by atoms with E-state index in [1.807, 2.05) is 6.20 Å². The Morgan fingerprint density at radius 2 is 1.80 bits per heavy atom. The lowest BCUT2D eigenvalue weighted by atomic mass is 10.0. The van der Waals surface area contributed by atoms with Gasteiger partial charge in [0.25, 0.3) is 5.56 Å². The van der Waals surface area contributed by atoms with Crippen molar-refractivity contribution >= 4 is 34.1 Å². The molecule has 0 bridgehead atoms. The summed E-state index contributed by atoms with van der Waals surface area (Å²) in [5.74, 6) is -0.510. The van der Waals surface area contributed by atoms with Gasteiger partial charge in [0.1, 0.15) is 17.5 Å². The third-order valence-electron chi connectivity index (χ3n) is 6.37. The van der Waals surface area contributed by atoms with Crippen LogP contribution in [0.4, 0.5) is 18.9 Å². The SMILES string of the molecule is COc1cn(C(CC(C)OC)C(=O)Nc2ccc3nn(C)cc3c2)c(=O)cc1-c1cc(Cl)ccc1OCC(F)(F)F. The van der Waals surface area contributed by atoms with Crippen LogP contribution in [-0.2, 0) is 16.6 Å². The molecule has 2 unspecified atom stereocenters. The van der Waals surface area contributed by atoms with Crippen LogP contribution in [0.25, 0.3) is 22.0 Å². The molecule has 13 heteroatoms. The molecule has 0 aliphatic carbocycles. The molecule has 0 spiro atoms. The van der Waals surface area contributed by atoms with Crippen LogP contribution >= 0.6 is 11.6 Å². The highest BCUT2D eigenvalue weighted by Gasteiger charge is 2.30. The molecule has 2 atom stereocenters. The maximum atomic E-state index is 13.6. The molecule has 1 amide bonds. The van der Waals surface area contributed by atoms with Gasteiger partial charge < -0.3 is 19.5 Å². The number of alkyl halides is 3. The molecule has 0 saturated heterocycles. The van der Waals surface area contributed by atoms with Crippen LogP contribution < -0.4 is 20.3 Å². The summed E-state index contributed by atoms with van der Waals surface area (Å²) in [5, 5.41) is 8.20. The Labute approximate surface area is 238 Å². The second-order valence-corrected chi connectivity index (χ2v) is 9.85. The van der Waals surface area contributed by atoms with E-state index in [0.29, 0.717) is 5.69 Å². The second-order valence-electron chi connectivity index (χ2n) is 9.41. The van der Waals surface area contributed by atoms with Gasteiger partial charge in [0.15, 0.2) is 6.61 Å². The lowest BCUT2D eigenvalue weighted by Crippen LogP contribution is -2.35. The average molecular weight is 593 g/mol. The minimum atomic E-state index is -4.58. The zero-order valence-corrected chi connectivity index (χ0v) is 23.4. The van der Waals surface area contributed by atoms with Crippen LogP contribution in [0.2, 0.25) is 5.02 Å². The zero-order chi connectivity index (χ0) is 29.9. The Bertz CT molecular complexity index is 1620. The van der Waals surface area contributed by atoms with Crippen molar-refractivity contribution in [1.29, 1.82) is 0 Å². The molecule has 0 aliphatic heterocycles. The highest BCUT2D eigenvalue weighted by atomic mass is 35.5. The van der Waals surface area contributed by atoms with Crippen LogP contribution in [0.1, 0.15) is 19.4 Å². The van der Waals surface area contributed by atoms with Crippen molar-refractivity contribution in [1.82, 2.24) is 14.3 Å². The molecule has 4 rings (SSSR count). The normalized spacial score (nSPS) is 13.2. The highest BCUT2D eigenvalue weighted by molar-refractivity contribution is 6.31. The van der Waals surface area contributed by atoms with Crippen LogP contribution in [0.15, 0.2) is 59.7 Å². The Morgan fingerprint density at radius 1 is 1.07 bits per heavy atom. The molecule has 0 fully saturated rings. The van der Waals surface area contributed by atoms with E-state index in [-0.39, 0.29) is 34.1 Å². The number of ether oxygens (including phenoxy) is 3. The summed E-state index contributed by atoms with van der Waals surface area (Å²) < 4.78 is 57.4. The largest absolute Gasteiger partial charge is 0.495 e. The third kappa shape index (κ3) is 7.19. The van der Waals surface area contributed by atoms with Gasteiger partial charge in [0, 0.05) is 60.1 Å². The van der Waals surface area contributed by atoms with E-state index in [9.17, 15) is 22.8 Å². The van der Waals surface area contributed by atoms with Crippen molar-refractivity contribution in [2.45, 2.75) is 31.7 Å². The molecule has 2 aromatic carbocycles. The van der Waals surface area contributed by atoms with Crippen LogP contribution in [0.5, 0.6) is 11.5 Å². The van der Waals surface area contributed by atoms with Crippen molar-refractivity contribution in [2.24, 2.45) is 7.05 Å². The van der Waals surface area contributed by atoms with E-state index in [1.165, 1.54) is 49.2 Å². The molecule has 2 aromatic heterocycles. The van der Waals surface area contributed by atoms with Gasteiger partial charge in [-0.25, -0.2) is 0 Å². The first-order chi connectivity index (χ1) is 19.4. The number of nitrogens with one attached hydrogen (secondary N) is 1. The molecule has 4 aromatic rings. The van der Waals surface area contributed by atoms with Gasteiger partial charge in [-0.1, -0.05) is 11.6 Å². The van der Waals surface area contributed by atoms with Gasteiger partial charge in [-0.2, -0.15) is 18.3 Å². The van der Waals surface area contributed by atoms with Gasteiger partial charge in [-0.05, 0) is 43.3 Å². The van der Waals surface area contributed by atoms with Crippen molar-refractivity contribution in [3.8, 4) is 22.6 Å². The monoisotopic (exact) mass is 592 g/mol. The van der Waals surface area contributed by atoms with Gasteiger partial charge in [0.2, 0.25) is 5.91 Å². The minimum Gasteiger partial charge on any atom is -0.495 e. The van der Waals surface area contributed by atoms with Gasteiger partial charge >= 0.3 is 6.18 Å². The Balaban J connectivity index is 1.74. The van der Waals surface area contributed by atoms with Crippen LogP contribution in [0.3, 0.4) is 0 Å². The first kappa shape index (κ1) is 29.9. The summed E-state index contributed by atoms with van der Waals surface area (Å²) in [7, 11) is 4.62. The minimum absolute atomic E-state index is 0.114. The number of methoxy groups -OCH3 is 2. The van der Waals surface area contributed by atoms with E-state index in [2.05, 4.69) is 10.4 Å². The number of anilines is 1. The van der Waals surface area contributed by atoms with E-state index < -0.39 is 36.4 Å². The van der Waals surface area contributed by atoms with Crippen LogP contribution in [0, 0.1) is 0 Å². The second kappa shape index (κ2) is 12.2. The first-order valence-electron chi connectivity index (χ1n) is 12.4. The summed E-state index contributed by atoms with van der Waals surface area (Å²) in [6, 6.07) is 9.42. The standard InChI is InChI=1S/C28H28ClF3N4O5/c1-16(39-3)9-23(27(38)33-19-6-7-22-17(10-19)13-35(2)34-22)36-14-25(40-4)21(12-26(36)37)20-11-18(29)5-8-24(20)41-15-28(30,31)32/h5-8,10-14,16,23H,9,15H2,1-4H3,(H,33,38). The summed E-state index contributed by atoms with van der Waals surface area (Å²) in [5.41, 5.74) is 0.931.